The van der Waals surface area contributed by atoms with Crippen LogP contribution in [0.4, 0.5) is 11.4 Å². The number of methoxy groups -OCH3 is 1. The fourth-order valence-corrected chi connectivity index (χ4v) is 2.49. The number of ether oxygens (including phenoxy) is 2. The van der Waals surface area contributed by atoms with Crippen molar-refractivity contribution in [1.29, 1.82) is 0 Å². The molecule has 1 N–H and O–H groups in total. The molecule has 3 rings (SSSR count). The molecule has 0 saturated heterocycles. The summed E-state index contributed by atoms with van der Waals surface area (Å²) in [6, 6.07) is 6.98. The lowest BCUT2D eigenvalue weighted by atomic mass is 10.2. The normalized spacial score (nSPS) is 10.6. The first kappa shape index (κ1) is 16.1. The highest BCUT2D eigenvalue weighted by atomic mass is 35.5. The van der Waals surface area contributed by atoms with Crippen molar-refractivity contribution in [2.45, 2.75) is 6.92 Å². The summed E-state index contributed by atoms with van der Waals surface area (Å²) in [6.45, 7) is 1.99. The van der Waals surface area contributed by atoms with E-state index < -0.39 is 5.97 Å². The number of carbonyl (C=O) groups is 1. The SMILES string of the molecule is CCOC(=O)c1oc2cnccc2c1Nc1ccc(Cl)c(OC)c1. The minimum absolute atomic E-state index is 0.0915. The van der Waals surface area contributed by atoms with E-state index in [1.165, 1.54) is 7.11 Å². The van der Waals surface area contributed by atoms with Gasteiger partial charge in [-0.05, 0) is 25.1 Å². The van der Waals surface area contributed by atoms with Crippen molar-refractivity contribution in [1.82, 2.24) is 4.98 Å². The van der Waals surface area contributed by atoms with Crippen LogP contribution in [0.2, 0.25) is 5.02 Å². The Balaban J connectivity index is 2.07. The predicted octanol–water partition coefficient (Wildman–Crippen LogP) is 4.41. The maximum Gasteiger partial charge on any atom is 0.376 e. The second kappa shape index (κ2) is 6.80. The minimum Gasteiger partial charge on any atom is -0.495 e. The molecular formula is C17H15ClN2O4. The van der Waals surface area contributed by atoms with Gasteiger partial charge in [0.05, 0.1) is 24.9 Å². The fourth-order valence-electron chi connectivity index (χ4n) is 2.30. The summed E-state index contributed by atoms with van der Waals surface area (Å²) in [5.74, 6) is 0.0692. The molecule has 0 radical (unpaired) electrons. The first-order valence-electron chi connectivity index (χ1n) is 7.28. The van der Waals surface area contributed by atoms with Crippen LogP contribution in [0.3, 0.4) is 0 Å². The topological polar surface area (TPSA) is 73.6 Å². The summed E-state index contributed by atoms with van der Waals surface area (Å²) in [5, 5.41) is 4.40. The van der Waals surface area contributed by atoms with Gasteiger partial charge in [0.25, 0.3) is 0 Å². The molecule has 0 atom stereocenters. The van der Waals surface area contributed by atoms with E-state index in [0.717, 1.165) is 5.39 Å². The lowest BCUT2D eigenvalue weighted by Gasteiger charge is -2.09. The Morgan fingerprint density at radius 2 is 2.21 bits per heavy atom. The van der Waals surface area contributed by atoms with Gasteiger partial charge in [0.1, 0.15) is 11.4 Å². The molecule has 0 amide bonds. The molecule has 0 bridgehead atoms. The molecular weight excluding hydrogens is 332 g/mol. The van der Waals surface area contributed by atoms with Gasteiger partial charge in [0.15, 0.2) is 5.58 Å². The molecule has 0 saturated carbocycles. The summed E-state index contributed by atoms with van der Waals surface area (Å²) in [5.41, 5.74) is 1.69. The predicted molar refractivity (Wildman–Crippen MR) is 91.3 cm³/mol. The van der Waals surface area contributed by atoms with E-state index in [-0.39, 0.29) is 12.4 Å². The van der Waals surface area contributed by atoms with Crippen molar-refractivity contribution >= 4 is 39.9 Å². The number of hydrogen-bond acceptors (Lipinski definition) is 6. The number of nitrogens with zero attached hydrogens (tertiary/aromatic N) is 1. The quantitative estimate of drug-likeness (QED) is 0.690. The largest absolute Gasteiger partial charge is 0.495 e. The molecule has 0 fully saturated rings. The second-order valence-electron chi connectivity index (χ2n) is 4.87. The number of benzene rings is 1. The third-order valence-electron chi connectivity index (χ3n) is 3.37. The summed E-state index contributed by atoms with van der Waals surface area (Å²) in [7, 11) is 1.54. The molecule has 1 aromatic carbocycles. The smallest absolute Gasteiger partial charge is 0.376 e. The average molecular weight is 347 g/mol. The number of halogens is 1. The number of rotatable bonds is 5. The number of pyridine rings is 1. The standard InChI is InChI=1S/C17H15ClN2O4/c1-3-23-17(21)16-15(11-6-7-19-9-14(11)24-16)20-10-4-5-12(18)13(8-10)22-2/h4-9,20H,3H2,1-2H3. The van der Waals surface area contributed by atoms with Crippen LogP contribution < -0.4 is 10.1 Å². The van der Waals surface area contributed by atoms with E-state index >= 15 is 0 Å². The van der Waals surface area contributed by atoms with E-state index in [1.54, 1.807) is 43.6 Å². The van der Waals surface area contributed by atoms with E-state index in [2.05, 4.69) is 10.3 Å². The van der Waals surface area contributed by atoms with Gasteiger partial charge in [0, 0.05) is 23.3 Å². The third kappa shape index (κ3) is 3.00. The highest BCUT2D eigenvalue weighted by molar-refractivity contribution is 6.32. The Hall–Kier alpha value is -2.73. The Morgan fingerprint density at radius 1 is 1.38 bits per heavy atom. The Kier molecular flexibility index (Phi) is 4.57. The summed E-state index contributed by atoms with van der Waals surface area (Å²) in [6.07, 6.45) is 3.17. The van der Waals surface area contributed by atoms with Gasteiger partial charge in [-0.3, -0.25) is 4.98 Å². The number of furan rings is 1. The molecule has 124 valence electrons. The number of nitrogens with one attached hydrogen (secondary N) is 1. The number of anilines is 2. The molecule has 2 heterocycles. The van der Waals surface area contributed by atoms with Crippen molar-refractivity contribution in [3.8, 4) is 5.75 Å². The molecule has 7 heteroatoms. The molecule has 0 unspecified atom stereocenters. The Bertz CT molecular complexity index is 891. The monoisotopic (exact) mass is 346 g/mol. The zero-order valence-corrected chi connectivity index (χ0v) is 13.9. The lowest BCUT2D eigenvalue weighted by molar-refractivity contribution is 0.0494. The van der Waals surface area contributed by atoms with Gasteiger partial charge in [-0.2, -0.15) is 0 Å². The first-order valence-corrected chi connectivity index (χ1v) is 7.66. The molecule has 3 aromatic rings. The Labute approximate surface area is 143 Å². The van der Waals surface area contributed by atoms with Gasteiger partial charge in [-0.1, -0.05) is 11.6 Å². The van der Waals surface area contributed by atoms with E-state index in [0.29, 0.717) is 27.7 Å². The van der Waals surface area contributed by atoms with Crippen LogP contribution >= 0.6 is 11.6 Å². The van der Waals surface area contributed by atoms with Crippen molar-refractivity contribution in [3.05, 3.63) is 47.4 Å². The molecule has 0 spiro atoms. The second-order valence-corrected chi connectivity index (χ2v) is 5.28. The van der Waals surface area contributed by atoms with Crippen molar-refractivity contribution in [2.24, 2.45) is 0 Å². The highest BCUT2D eigenvalue weighted by Crippen LogP contribution is 2.35. The maximum absolute atomic E-state index is 12.2. The van der Waals surface area contributed by atoms with E-state index in [4.69, 9.17) is 25.5 Å². The van der Waals surface area contributed by atoms with Crippen LogP contribution in [0.25, 0.3) is 11.0 Å². The van der Waals surface area contributed by atoms with Crippen molar-refractivity contribution in [2.75, 3.05) is 19.0 Å². The van der Waals surface area contributed by atoms with Crippen LogP contribution in [0.5, 0.6) is 5.75 Å². The number of hydrogen-bond donors (Lipinski definition) is 1. The van der Waals surface area contributed by atoms with Crippen LogP contribution in [0, 0.1) is 0 Å². The lowest BCUT2D eigenvalue weighted by Crippen LogP contribution is -2.06. The maximum atomic E-state index is 12.2. The molecule has 24 heavy (non-hydrogen) atoms. The van der Waals surface area contributed by atoms with Crippen molar-refractivity contribution < 1.29 is 18.7 Å². The van der Waals surface area contributed by atoms with Gasteiger partial charge >= 0.3 is 5.97 Å². The number of fused-ring (bicyclic) bond motifs is 1. The van der Waals surface area contributed by atoms with Gasteiger partial charge in [-0.25, -0.2) is 4.79 Å². The Morgan fingerprint density at radius 3 is 2.96 bits per heavy atom. The molecule has 6 nitrogen and oxygen atoms in total. The van der Waals surface area contributed by atoms with Gasteiger partial charge in [0.2, 0.25) is 5.76 Å². The zero-order chi connectivity index (χ0) is 17.1. The molecule has 0 aliphatic carbocycles. The average Bonchev–Trinajstić information content (AvgIpc) is 2.95. The summed E-state index contributed by atoms with van der Waals surface area (Å²) < 4.78 is 15.9. The highest BCUT2D eigenvalue weighted by Gasteiger charge is 2.22. The number of esters is 1. The number of carbonyl (C=O) groups excluding carboxylic acids is 1. The van der Waals surface area contributed by atoms with E-state index in [1.807, 2.05) is 0 Å². The van der Waals surface area contributed by atoms with Gasteiger partial charge < -0.3 is 19.2 Å². The summed E-state index contributed by atoms with van der Waals surface area (Å²) >= 11 is 6.04. The minimum atomic E-state index is -0.544. The molecule has 0 aliphatic heterocycles. The van der Waals surface area contributed by atoms with Crippen LogP contribution in [-0.4, -0.2) is 24.7 Å². The van der Waals surface area contributed by atoms with Crippen molar-refractivity contribution in [3.63, 3.8) is 0 Å². The van der Waals surface area contributed by atoms with Crippen LogP contribution in [0.1, 0.15) is 17.5 Å². The third-order valence-corrected chi connectivity index (χ3v) is 3.69. The fraction of sp³-hybridized carbons (Fsp3) is 0.176. The summed E-state index contributed by atoms with van der Waals surface area (Å²) in [4.78, 5) is 16.2. The molecule has 0 aliphatic rings. The van der Waals surface area contributed by atoms with Crippen LogP contribution in [-0.2, 0) is 4.74 Å². The first-order chi connectivity index (χ1) is 11.6. The van der Waals surface area contributed by atoms with E-state index in [9.17, 15) is 4.79 Å². The van der Waals surface area contributed by atoms with Gasteiger partial charge in [-0.15, -0.1) is 0 Å². The zero-order valence-electron chi connectivity index (χ0n) is 13.1. The van der Waals surface area contributed by atoms with Crippen LogP contribution in [0.15, 0.2) is 41.1 Å². The number of aromatic nitrogens is 1. The molecule has 2 aromatic heterocycles.